The van der Waals surface area contributed by atoms with E-state index in [1.807, 2.05) is 28.8 Å². The van der Waals surface area contributed by atoms with Crippen molar-refractivity contribution in [3.8, 4) is 5.75 Å². The molecule has 2 fully saturated rings. The summed E-state index contributed by atoms with van der Waals surface area (Å²) in [6.07, 6.45) is 8.41. The summed E-state index contributed by atoms with van der Waals surface area (Å²) < 4.78 is 9.91. The van der Waals surface area contributed by atoms with Crippen molar-refractivity contribution in [1.82, 2.24) is 18.7 Å². The van der Waals surface area contributed by atoms with Gasteiger partial charge in [-0.3, -0.25) is 18.5 Å². The van der Waals surface area contributed by atoms with Crippen molar-refractivity contribution in [3.63, 3.8) is 0 Å². The second kappa shape index (κ2) is 8.64. The van der Waals surface area contributed by atoms with E-state index in [4.69, 9.17) is 9.72 Å². The Bertz CT molecular complexity index is 1320. The lowest BCUT2D eigenvalue weighted by molar-refractivity contribution is 0.119. The van der Waals surface area contributed by atoms with E-state index in [9.17, 15) is 9.59 Å². The highest BCUT2D eigenvalue weighted by Gasteiger charge is 2.43. The van der Waals surface area contributed by atoms with E-state index >= 15 is 0 Å². The van der Waals surface area contributed by atoms with Crippen LogP contribution in [0, 0.1) is 11.8 Å². The van der Waals surface area contributed by atoms with Gasteiger partial charge in [-0.05, 0) is 55.2 Å². The molecule has 5 rings (SSSR count). The molecule has 0 spiro atoms. The first-order valence-electron chi connectivity index (χ1n) is 12.4. The van der Waals surface area contributed by atoms with Crippen LogP contribution in [0.1, 0.15) is 57.4 Å². The van der Waals surface area contributed by atoms with Gasteiger partial charge in [0, 0.05) is 19.6 Å². The second-order valence-electron chi connectivity index (χ2n) is 10.3. The highest BCUT2D eigenvalue weighted by molar-refractivity contribution is 5.74. The van der Waals surface area contributed by atoms with E-state index in [0.717, 1.165) is 36.5 Å². The number of benzene rings is 1. The minimum absolute atomic E-state index is 0.00895. The molecular weight excluding hydrogens is 430 g/mol. The lowest BCUT2D eigenvalue weighted by Gasteiger charge is -2.49. The van der Waals surface area contributed by atoms with Crippen molar-refractivity contribution in [3.05, 3.63) is 50.7 Å². The molecule has 0 saturated heterocycles. The zero-order chi connectivity index (χ0) is 24.0. The van der Waals surface area contributed by atoms with Gasteiger partial charge in [0.25, 0.3) is 5.56 Å². The monoisotopic (exact) mass is 465 g/mol. The summed E-state index contributed by atoms with van der Waals surface area (Å²) in [5.41, 5.74) is 1.22. The minimum atomic E-state index is -0.363. The molecule has 3 aromatic rings. The SMILES string of the molecule is CCC1CC2CCCC(Nc3nc4c(c(=O)n(C)c(=O)n4C)n3Cc3ccc(OC)cc3)(C1)C2. The van der Waals surface area contributed by atoms with Gasteiger partial charge >= 0.3 is 5.69 Å². The van der Waals surface area contributed by atoms with E-state index in [2.05, 4.69) is 12.2 Å². The Morgan fingerprint density at radius 3 is 2.62 bits per heavy atom. The molecule has 0 radical (unpaired) electrons. The topological polar surface area (TPSA) is 83.1 Å². The van der Waals surface area contributed by atoms with Crippen LogP contribution < -0.4 is 21.3 Å². The first-order chi connectivity index (χ1) is 16.3. The maximum absolute atomic E-state index is 13.3. The summed E-state index contributed by atoms with van der Waals surface area (Å²) in [5, 5.41) is 3.85. The van der Waals surface area contributed by atoms with Crippen molar-refractivity contribution < 1.29 is 4.74 Å². The molecule has 0 amide bonds. The molecule has 8 nitrogen and oxygen atoms in total. The van der Waals surface area contributed by atoms with E-state index in [0.29, 0.717) is 29.6 Å². The molecule has 3 unspecified atom stereocenters. The largest absolute Gasteiger partial charge is 0.497 e. The van der Waals surface area contributed by atoms with Crippen molar-refractivity contribution in [2.45, 2.75) is 64.0 Å². The molecule has 2 saturated carbocycles. The van der Waals surface area contributed by atoms with Crippen LogP contribution in [0.4, 0.5) is 5.95 Å². The van der Waals surface area contributed by atoms with Crippen LogP contribution in [-0.4, -0.2) is 31.3 Å². The Morgan fingerprint density at radius 2 is 1.91 bits per heavy atom. The third-order valence-electron chi connectivity index (χ3n) is 8.10. The normalized spacial score (nSPS) is 24.4. The molecule has 2 aromatic heterocycles. The third kappa shape index (κ3) is 3.83. The molecule has 1 N–H and O–H groups in total. The standard InChI is InChI=1S/C26H35N5O3/c1-5-17-13-19-7-6-12-26(14-17,15-19)28-24-27-22-21(23(32)30(3)25(33)29(22)2)31(24)16-18-8-10-20(34-4)11-9-18/h8-11,17,19H,5-7,12-16H2,1-4H3,(H,27,28). The molecule has 182 valence electrons. The number of imidazole rings is 1. The number of methoxy groups -OCH3 is 1. The van der Waals surface area contributed by atoms with Crippen molar-refractivity contribution in [2.75, 3.05) is 12.4 Å². The van der Waals surface area contributed by atoms with Gasteiger partial charge in [-0.2, -0.15) is 4.98 Å². The average Bonchev–Trinajstić information content (AvgIpc) is 3.18. The minimum Gasteiger partial charge on any atom is -0.497 e. The van der Waals surface area contributed by atoms with Crippen molar-refractivity contribution in [2.24, 2.45) is 25.9 Å². The van der Waals surface area contributed by atoms with Gasteiger partial charge in [0.2, 0.25) is 5.95 Å². The van der Waals surface area contributed by atoms with E-state index < -0.39 is 0 Å². The predicted molar refractivity (Wildman–Crippen MR) is 134 cm³/mol. The smallest absolute Gasteiger partial charge is 0.332 e. The van der Waals surface area contributed by atoms with Gasteiger partial charge in [0.1, 0.15) is 5.75 Å². The molecule has 2 aliphatic carbocycles. The van der Waals surface area contributed by atoms with E-state index in [-0.39, 0.29) is 16.8 Å². The Balaban J connectivity index is 1.63. The van der Waals surface area contributed by atoms with Gasteiger partial charge in [0.05, 0.1) is 13.7 Å². The number of hydrogen-bond acceptors (Lipinski definition) is 5. The first-order valence-corrected chi connectivity index (χ1v) is 12.4. The Labute approximate surface area is 199 Å². The molecule has 2 heterocycles. The number of anilines is 1. The Kier molecular flexibility index (Phi) is 5.78. The summed E-state index contributed by atoms with van der Waals surface area (Å²) in [5.74, 6) is 2.93. The summed E-state index contributed by atoms with van der Waals surface area (Å²) >= 11 is 0. The zero-order valence-electron chi connectivity index (χ0n) is 20.6. The maximum Gasteiger partial charge on any atom is 0.332 e. The summed E-state index contributed by atoms with van der Waals surface area (Å²) in [6, 6.07) is 7.85. The molecule has 0 aliphatic heterocycles. The van der Waals surface area contributed by atoms with Crippen LogP contribution in [0.2, 0.25) is 0 Å². The number of rotatable bonds is 6. The quantitative estimate of drug-likeness (QED) is 0.601. The summed E-state index contributed by atoms with van der Waals surface area (Å²) in [4.78, 5) is 30.8. The molecule has 3 atom stereocenters. The Hall–Kier alpha value is -3.03. The van der Waals surface area contributed by atoms with Crippen LogP contribution in [-0.2, 0) is 20.6 Å². The van der Waals surface area contributed by atoms with Gasteiger partial charge in [-0.15, -0.1) is 0 Å². The fourth-order valence-electron chi connectivity index (χ4n) is 6.30. The second-order valence-corrected chi connectivity index (χ2v) is 10.3. The third-order valence-corrected chi connectivity index (χ3v) is 8.10. The number of fused-ring (bicyclic) bond motifs is 3. The number of nitrogens with one attached hydrogen (secondary N) is 1. The van der Waals surface area contributed by atoms with Crippen LogP contribution in [0.5, 0.6) is 5.75 Å². The molecule has 8 heteroatoms. The van der Waals surface area contributed by atoms with Crippen molar-refractivity contribution >= 4 is 17.1 Å². The van der Waals surface area contributed by atoms with Crippen molar-refractivity contribution in [1.29, 1.82) is 0 Å². The fourth-order valence-corrected chi connectivity index (χ4v) is 6.30. The van der Waals surface area contributed by atoms with Crippen LogP contribution in [0.25, 0.3) is 11.2 Å². The molecular formula is C26H35N5O3. The average molecular weight is 466 g/mol. The first kappa shape index (κ1) is 22.7. The number of aromatic nitrogens is 4. The van der Waals surface area contributed by atoms with Crippen LogP contribution >= 0.6 is 0 Å². The predicted octanol–water partition coefficient (Wildman–Crippen LogP) is 3.65. The van der Waals surface area contributed by atoms with Crippen LogP contribution in [0.3, 0.4) is 0 Å². The van der Waals surface area contributed by atoms with Crippen LogP contribution in [0.15, 0.2) is 33.9 Å². The fraction of sp³-hybridized carbons (Fsp3) is 0.577. The lowest BCUT2D eigenvalue weighted by Crippen LogP contribution is -2.48. The number of hydrogen-bond donors (Lipinski definition) is 1. The maximum atomic E-state index is 13.3. The Morgan fingerprint density at radius 1 is 1.15 bits per heavy atom. The molecule has 2 aliphatic rings. The van der Waals surface area contributed by atoms with Gasteiger partial charge in [-0.1, -0.05) is 38.3 Å². The summed E-state index contributed by atoms with van der Waals surface area (Å²) in [7, 11) is 4.86. The van der Waals surface area contributed by atoms with E-state index in [1.165, 1.54) is 41.9 Å². The molecule has 34 heavy (non-hydrogen) atoms. The zero-order valence-corrected chi connectivity index (χ0v) is 20.6. The highest BCUT2D eigenvalue weighted by Crippen LogP contribution is 2.47. The molecule has 2 bridgehead atoms. The van der Waals surface area contributed by atoms with E-state index in [1.54, 1.807) is 14.2 Å². The number of aryl methyl sites for hydroxylation is 1. The number of ether oxygens (including phenoxy) is 1. The van der Waals surface area contributed by atoms with Gasteiger partial charge < -0.3 is 10.1 Å². The lowest BCUT2D eigenvalue weighted by atomic mass is 9.63. The highest BCUT2D eigenvalue weighted by atomic mass is 16.5. The van der Waals surface area contributed by atoms with Gasteiger partial charge in [-0.25, -0.2) is 4.79 Å². The number of nitrogens with zero attached hydrogens (tertiary/aromatic N) is 4. The summed E-state index contributed by atoms with van der Waals surface area (Å²) in [6.45, 7) is 2.77. The van der Waals surface area contributed by atoms with Gasteiger partial charge in [0.15, 0.2) is 11.2 Å². The molecule has 1 aromatic carbocycles.